The van der Waals surface area contributed by atoms with Gasteiger partial charge in [-0.15, -0.1) is 0 Å². The zero-order valence-corrected chi connectivity index (χ0v) is 12.7. The highest BCUT2D eigenvalue weighted by Gasteiger charge is 2.26. The number of H-pyrrole nitrogens is 1. The van der Waals surface area contributed by atoms with Crippen LogP contribution in [-0.4, -0.2) is 44.7 Å². The Hall–Kier alpha value is -1.85. The Balaban J connectivity index is 3.00. The summed E-state index contributed by atoms with van der Waals surface area (Å²) in [5, 5.41) is 15.8. The third-order valence-electron chi connectivity index (χ3n) is 3.29. The molecule has 6 nitrogen and oxygen atoms in total. The Bertz CT molecular complexity index is 488. The highest BCUT2D eigenvalue weighted by molar-refractivity contribution is 5.94. The molecule has 1 aromatic heterocycles. The van der Waals surface area contributed by atoms with E-state index in [1.807, 2.05) is 34.6 Å². The van der Waals surface area contributed by atoms with E-state index in [1.54, 1.807) is 6.07 Å². The fourth-order valence-corrected chi connectivity index (χ4v) is 1.76. The zero-order valence-electron chi connectivity index (χ0n) is 12.7. The molecule has 0 spiro atoms. The van der Waals surface area contributed by atoms with Crippen LogP contribution < -0.4 is 0 Å². The van der Waals surface area contributed by atoms with Crippen LogP contribution in [0.15, 0.2) is 6.07 Å². The van der Waals surface area contributed by atoms with Gasteiger partial charge in [0, 0.05) is 17.2 Å². The van der Waals surface area contributed by atoms with Crippen LogP contribution in [0.2, 0.25) is 0 Å². The highest BCUT2D eigenvalue weighted by atomic mass is 16.4. The monoisotopic (exact) mass is 281 g/mol. The van der Waals surface area contributed by atoms with Gasteiger partial charge in [0.25, 0.3) is 5.91 Å². The van der Waals surface area contributed by atoms with Gasteiger partial charge in [-0.05, 0) is 19.4 Å². The summed E-state index contributed by atoms with van der Waals surface area (Å²) in [6.45, 7) is 9.47. The average Bonchev–Trinajstić information content (AvgIpc) is 2.83. The molecule has 0 aliphatic heterocycles. The minimum Gasteiger partial charge on any atom is -0.480 e. The summed E-state index contributed by atoms with van der Waals surface area (Å²) in [6.07, 6.45) is 0.690. The lowest BCUT2D eigenvalue weighted by molar-refractivity contribution is -0.138. The van der Waals surface area contributed by atoms with Gasteiger partial charge in [0.2, 0.25) is 0 Å². The first-order valence-electron chi connectivity index (χ1n) is 6.75. The van der Waals surface area contributed by atoms with Crippen molar-refractivity contribution in [3.8, 4) is 0 Å². The van der Waals surface area contributed by atoms with Crippen LogP contribution in [0.5, 0.6) is 0 Å². The van der Waals surface area contributed by atoms with Gasteiger partial charge in [0.1, 0.15) is 12.2 Å². The Morgan fingerprint density at radius 1 is 1.45 bits per heavy atom. The third-order valence-corrected chi connectivity index (χ3v) is 3.29. The number of carboxylic acids is 1. The number of hydrogen-bond acceptors (Lipinski definition) is 3. The number of amides is 1. The first-order valence-corrected chi connectivity index (χ1v) is 6.75. The summed E-state index contributed by atoms with van der Waals surface area (Å²) in [5.41, 5.74) is 0.969. The van der Waals surface area contributed by atoms with E-state index in [1.165, 1.54) is 4.90 Å². The summed E-state index contributed by atoms with van der Waals surface area (Å²) < 4.78 is 0. The molecule has 1 unspecified atom stereocenters. The molecule has 0 aromatic carbocycles. The van der Waals surface area contributed by atoms with E-state index in [4.69, 9.17) is 5.11 Å². The average molecular weight is 281 g/mol. The molecule has 1 heterocycles. The van der Waals surface area contributed by atoms with E-state index < -0.39 is 5.97 Å². The van der Waals surface area contributed by atoms with Crippen molar-refractivity contribution < 1.29 is 14.7 Å². The topological polar surface area (TPSA) is 86.3 Å². The third kappa shape index (κ3) is 3.82. The van der Waals surface area contributed by atoms with Crippen LogP contribution in [0.1, 0.15) is 57.2 Å². The molecule has 1 rings (SSSR count). The number of nitrogens with zero attached hydrogens (tertiary/aromatic N) is 2. The van der Waals surface area contributed by atoms with E-state index in [9.17, 15) is 9.59 Å². The van der Waals surface area contributed by atoms with Crippen molar-refractivity contribution in [1.82, 2.24) is 15.1 Å². The largest absolute Gasteiger partial charge is 0.480 e. The molecule has 1 amide bonds. The van der Waals surface area contributed by atoms with Gasteiger partial charge in [-0.2, -0.15) is 5.10 Å². The molecular formula is C14H23N3O3. The summed E-state index contributed by atoms with van der Waals surface area (Å²) in [6, 6.07) is 1.55. The first kappa shape index (κ1) is 16.2. The molecule has 0 radical (unpaired) electrons. The molecule has 0 saturated heterocycles. The van der Waals surface area contributed by atoms with Crippen LogP contribution in [0.25, 0.3) is 0 Å². The molecule has 1 aromatic rings. The van der Waals surface area contributed by atoms with Gasteiger partial charge in [0.15, 0.2) is 0 Å². The second kappa shape index (κ2) is 6.07. The predicted octanol–water partition coefficient (Wildman–Crippen LogP) is 2.03. The van der Waals surface area contributed by atoms with Crippen molar-refractivity contribution in [2.75, 3.05) is 6.54 Å². The molecule has 0 saturated carbocycles. The Labute approximate surface area is 119 Å². The number of aromatic nitrogens is 2. The van der Waals surface area contributed by atoms with Crippen molar-refractivity contribution in [1.29, 1.82) is 0 Å². The second-order valence-electron chi connectivity index (χ2n) is 6.00. The van der Waals surface area contributed by atoms with Crippen LogP contribution in [0.4, 0.5) is 0 Å². The van der Waals surface area contributed by atoms with Crippen LogP contribution in [0.3, 0.4) is 0 Å². The van der Waals surface area contributed by atoms with Crippen LogP contribution in [-0.2, 0) is 10.2 Å². The lowest BCUT2D eigenvalue weighted by Gasteiger charge is -2.26. The van der Waals surface area contributed by atoms with Crippen LogP contribution in [0, 0.1) is 0 Å². The maximum Gasteiger partial charge on any atom is 0.323 e. The summed E-state index contributed by atoms with van der Waals surface area (Å²) >= 11 is 0. The molecule has 0 aliphatic carbocycles. The molecule has 112 valence electrons. The highest BCUT2D eigenvalue weighted by Crippen LogP contribution is 2.21. The molecule has 6 heteroatoms. The number of carbonyl (C=O) groups excluding carboxylic acids is 1. The van der Waals surface area contributed by atoms with Gasteiger partial charge < -0.3 is 10.0 Å². The van der Waals surface area contributed by atoms with E-state index in [2.05, 4.69) is 10.2 Å². The molecule has 20 heavy (non-hydrogen) atoms. The van der Waals surface area contributed by atoms with Crippen LogP contribution >= 0.6 is 0 Å². The minimum absolute atomic E-state index is 0.139. The standard InChI is InChI=1S/C14H23N3O3/c1-6-9(2)17(8-12(18)19)13(20)10-7-11(16-15-10)14(3,4)5/h7,9H,6,8H2,1-5H3,(H,15,16)(H,18,19). The van der Waals surface area contributed by atoms with E-state index in [0.29, 0.717) is 6.42 Å². The number of nitrogens with one attached hydrogen (secondary N) is 1. The summed E-state index contributed by atoms with van der Waals surface area (Å²) in [5.74, 6) is -1.38. The van der Waals surface area contributed by atoms with Crippen molar-refractivity contribution >= 4 is 11.9 Å². The van der Waals surface area contributed by atoms with Crippen molar-refractivity contribution in [3.05, 3.63) is 17.5 Å². The normalized spacial score (nSPS) is 13.1. The summed E-state index contributed by atoms with van der Waals surface area (Å²) in [7, 11) is 0. The fraction of sp³-hybridized carbons (Fsp3) is 0.643. The minimum atomic E-state index is -1.02. The number of carbonyl (C=O) groups is 2. The van der Waals surface area contributed by atoms with Gasteiger partial charge >= 0.3 is 5.97 Å². The molecule has 1 atom stereocenters. The van der Waals surface area contributed by atoms with E-state index >= 15 is 0 Å². The van der Waals surface area contributed by atoms with Gasteiger partial charge in [-0.1, -0.05) is 27.7 Å². The lowest BCUT2D eigenvalue weighted by Crippen LogP contribution is -2.42. The van der Waals surface area contributed by atoms with Crippen molar-refractivity contribution in [2.45, 2.75) is 52.5 Å². The molecule has 2 N–H and O–H groups in total. The molecule has 0 fully saturated rings. The van der Waals surface area contributed by atoms with Crippen molar-refractivity contribution in [3.63, 3.8) is 0 Å². The van der Waals surface area contributed by atoms with Gasteiger partial charge in [-0.3, -0.25) is 14.7 Å². The Morgan fingerprint density at radius 3 is 2.45 bits per heavy atom. The van der Waals surface area contributed by atoms with Crippen molar-refractivity contribution in [2.24, 2.45) is 0 Å². The van der Waals surface area contributed by atoms with Gasteiger partial charge in [0.05, 0.1) is 0 Å². The molecule has 0 bridgehead atoms. The molecular weight excluding hydrogens is 258 g/mol. The Morgan fingerprint density at radius 2 is 2.05 bits per heavy atom. The number of hydrogen-bond donors (Lipinski definition) is 2. The van der Waals surface area contributed by atoms with E-state index in [0.717, 1.165) is 5.69 Å². The zero-order chi connectivity index (χ0) is 15.5. The lowest BCUT2D eigenvalue weighted by atomic mass is 9.92. The Kier molecular flexibility index (Phi) is 4.92. The fourth-order valence-electron chi connectivity index (χ4n) is 1.76. The number of carboxylic acid groups (broad SMARTS) is 1. The number of aromatic amines is 1. The SMILES string of the molecule is CCC(C)N(CC(=O)O)C(=O)c1cc(C(C)(C)C)[nH]n1. The number of rotatable bonds is 5. The predicted molar refractivity (Wildman–Crippen MR) is 75.7 cm³/mol. The maximum atomic E-state index is 12.4. The summed E-state index contributed by atoms with van der Waals surface area (Å²) in [4.78, 5) is 24.6. The first-order chi connectivity index (χ1) is 9.16. The maximum absolute atomic E-state index is 12.4. The number of aliphatic carboxylic acids is 1. The smallest absolute Gasteiger partial charge is 0.323 e. The van der Waals surface area contributed by atoms with Gasteiger partial charge in [-0.25, -0.2) is 0 Å². The quantitative estimate of drug-likeness (QED) is 0.864. The second-order valence-corrected chi connectivity index (χ2v) is 6.00. The van der Waals surface area contributed by atoms with E-state index in [-0.39, 0.29) is 29.6 Å². The molecule has 0 aliphatic rings.